The van der Waals surface area contributed by atoms with Gasteiger partial charge in [-0.1, -0.05) is 42.0 Å². The lowest BCUT2D eigenvalue weighted by molar-refractivity contribution is 0.0692. The van der Waals surface area contributed by atoms with Crippen molar-refractivity contribution in [3.05, 3.63) is 101 Å². The van der Waals surface area contributed by atoms with Crippen molar-refractivity contribution in [2.75, 3.05) is 6.54 Å². The maximum absolute atomic E-state index is 13.4. The maximum Gasteiger partial charge on any atom is 0.254 e. The Bertz CT molecular complexity index is 1150. The van der Waals surface area contributed by atoms with Crippen molar-refractivity contribution in [3.8, 4) is 0 Å². The minimum Gasteiger partial charge on any atom is -0.356 e. The van der Waals surface area contributed by atoms with E-state index in [1.807, 2.05) is 60.5 Å². The van der Waals surface area contributed by atoms with Gasteiger partial charge in [0, 0.05) is 41.1 Å². The first-order valence-electron chi connectivity index (χ1n) is 9.59. The Morgan fingerprint density at radius 2 is 1.89 bits per heavy atom. The van der Waals surface area contributed by atoms with Crippen molar-refractivity contribution in [2.24, 2.45) is 0 Å². The number of aryl methyl sites for hydroxylation is 1. The third-order valence-electron chi connectivity index (χ3n) is 5.59. The van der Waals surface area contributed by atoms with Crippen LogP contribution in [0.5, 0.6) is 0 Å². The van der Waals surface area contributed by atoms with Gasteiger partial charge in [0.15, 0.2) is 0 Å². The molecule has 2 aromatic heterocycles. The molecule has 0 spiro atoms. The number of aromatic nitrogens is 2. The Morgan fingerprint density at radius 3 is 2.68 bits per heavy atom. The van der Waals surface area contributed by atoms with E-state index in [2.05, 4.69) is 28.2 Å². The molecule has 5 rings (SSSR count). The lowest BCUT2D eigenvalue weighted by Crippen LogP contribution is -2.40. The quantitative estimate of drug-likeness (QED) is 0.560. The molecule has 3 heterocycles. The standard InChI is InChI=1S/C24H21N3O/c1-16-8-10-17(11-9-16)24(28)27-14-12-20-19-6-2-3-7-21(19)26-22(20)23(27)18-5-4-13-25-15-18/h2-11,13,15,23,26H,12,14H2,1H3/t23-/m0/s1. The maximum atomic E-state index is 13.4. The molecule has 0 radical (unpaired) electrons. The highest BCUT2D eigenvalue weighted by Crippen LogP contribution is 2.38. The van der Waals surface area contributed by atoms with Gasteiger partial charge in [0.25, 0.3) is 5.91 Å². The molecule has 1 aliphatic rings. The number of nitrogens with zero attached hydrogens (tertiary/aromatic N) is 2. The van der Waals surface area contributed by atoms with Crippen LogP contribution in [-0.2, 0) is 6.42 Å². The summed E-state index contributed by atoms with van der Waals surface area (Å²) in [6, 6.07) is 20.0. The summed E-state index contributed by atoms with van der Waals surface area (Å²) in [4.78, 5) is 23.3. The van der Waals surface area contributed by atoms with Crippen molar-refractivity contribution >= 4 is 16.8 Å². The number of hydrogen-bond acceptors (Lipinski definition) is 2. The van der Waals surface area contributed by atoms with Crippen molar-refractivity contribution < 1.29 is 4.79 Å². The summed E-state index contributed by atoms with van der Waals surface area (Å²) in [5, 5.41) is 1.24. The van der Waals surface area contributed by atoms with E-state index >= 15 is 0 Å². The molecule has 138 valence electrons. The van der Waals surface area contributed by atoms with E-state index in [0.717, 1.165) is 34.3 Å². The molecule has 0 unspecified atom stereocenters. The van der Waals surface area contributed by atoms with Gasteiger partial charge in [0.05, 0.1) is 6.04 Å². The third-order valence-corrected chi connectivity index (χ3v) is 5.59. The predicted octanol–water partition coefficient (Wildman–Crippen LogP) is 4.66. The number of rotatable bonds is 2. The van der Waals surface area contributed by atoms with Crippen LogP contribution < -0.4 is 0 Å². The molecule has 2 aromatic carbocycles. The van der Waals surface area contributed by atoms with Crippen LogP contribution in [0.15, 0.2) is 73.1 Å². The summed E-state index contributed by atoms with van der Waals surface area (Å²) < 4.78 is 0. The first-order valence-corrected chi connectivity index (χ1v) is 9.59. The number of benzene rings is 2. The van der Waals surface area contributed by atoms with Crippen LogP contribution in [0.3, 0.4) is 0 Å². The fraction of sp³-hybridized carbons (Fsp3) is 0.167. The first-order chi connectivity index (χ1) is 13.7. The van der Waals surface area contributed by atoms with Gasteiger partial charge in [0.2, 0.25) is 0 Å². The molecule has 1 aliphatic heterocycles. The highest BCUT2D eigenvalue weighted by atomic mass is 16.2. The number of amides is 1. The number of aromatic amines is 1. The zero-order chi connectivity index (χ0) is 19.1. The van der Waals surface area contributed by atoms with E-state index in [1.165, 1.54) is 10.9 Å². The van der Waals surface area contributed by atoms with Gasteiger partial charge < -0.3 is 9.88 Å². The fourth-order valence-electron chi connectivity index (χ4n) is 4.21. The number of carbonyl (C=O) groups is 1. The fourth-order valence-corrected chi connectivity index (χ4v) is 4.21. The Balaban J connectivity index is 1.65. The normalized spacial score (nSPS) is 16.2. The summed E-state index contributed by atoms with van der Waals surface area (Å²) >= 11 is 0. The van der Waals surface area contributed by atoms with Gasteiger partial charge in [-0.15, -0.1) is 0 Å². The number of pyridine rings is 1. The number of para-hydroxylation sites is 1. The molecule has 0 aliphatic carbocycles. The molecule has 1 N–H and O–H groups in total. The smallest absolute Gasteiger partial charge is 0.254 e. The average molecular weight is 367 g/mol. The highest BCUT2D eigenvalue weighted by molar-refractivity contribution is 5.95. The highest BCUT2D eigenvalue weighted by Gasteiger charge is 2.34. The van der Waals surface area contributed by atoms with Gasteiger partial charge in [-0.25, -0.2) is 0 Å². The van der Waals surface area contributed by atoms with Crippen LogP contribution in [-0.4, -0.2) is 27.3 Å². The summed E-state index contributed by atoms with van der Waals surface area (Å²) in [6.45, 7) is 2.71. The predicted molar refractivity (Wildman–Crippen MR) is 110 cm³/mol. The van der Waals surface area contributed by atoms with Gasteiger partial charge in [-0.2, -0.15) is 0 Å². The van der Waals surface area contributed by atoms with E-state index in [0.29, 0.717) is 6.54 Å². The molecule has 0 saturated heterocycles. The molecule has 0 fully saturated rings. The van der Waals surface area contributed by atoms with Gasteiger partial charge in [-0.3, -0.25) is 9.78 Å². The zero-order valence-corrected chi connectivity index (χ0v) is 15.7. The number of H-pyrrole nitrogens is 1. The SMILES string of the molecule is Cc1ccc(C(=O)N2CCc3c([nH]c4ccccc34)[C@@H]2c2cccnc2)cc1. The monoisotopic (exact) mass is 367 g/mol. The minimum absolute atomic E-state index is 0.0539. The average Bonchev–Trinajstić information content (AvgIpc) is 3.12. The number of fused-ring (bicyclic) bond motifs is 3. The van der Waals surface area contributed by atoms with Gasteiger partial charge in [0.1, 0.15) is 0 Å². The van der Waals surface area contributed by atoms with Crippen LogP contribution in [0.1, 0.15) is 38.8 Å². The molecule has 4 heteroatoms. The largest absolute Gasteiger partial charge is 0.356 e. The molecule has 4 aromatic rings. The molecule has 1 atom stereocenters. The number of hydrogen-bond donors (Lipinski definition) is 1. The van der Waals surface area contributed by atoms with Crippen molar-refractivity contribution in [3.63, 3.8) is 0 Å². The number of carbonyl (C=O) groups excluding carboxylic acids is 1. The summed E-state index contributed by atoms with van der Waals surface area (Å²) in [7, 11) is 0. The molecular weight excluding hydrogens is 346 g/mol. The van der Waals surface area contributed by atoms with E-state index < -0.39 is 0 Å². The Morgan fingerprint density at radius 1 is 1.07 bits per heavy atom. The molecular formula is C24H21N3O. The summed E-state index contributed by atoms with van der Waals surface area (Å²) in [5.41, 5.74) is 6.41. The Hall–Kier alpha value is -3.40. The van der Waals surface area contributed by atoms with Crippen molar-refractivity contribution in [1.29, 1.82) is 0 Å². The second-order valence-corrected chi connectivity index (χ2v) is 7.37. The van der Waals surface area contributed by atoms with Crippen LogP contribution >= 0.6 is 0 Å². The summed E-state index contributed by atoms with van der Waals surface area (Å²) in [5.74, 6) is 0.0539. The Kier molecular flexibility index (Phi) is 3.97. The van der Waals surface area contributed by atoms with E-state index in [-0.39, 0.29) is 11.9 Å². The Labute approximate surface area is 163 Å². The molecule has 28 heavy (non-hydrogen) atoms. The number of nitrogens with one attached hydrogen (secondary N) is 1. The van der Waals surface area contributed by atoms with Crippen molar-refractivity contribution in [1.82, 2.24) is 14.9 Å². The summed E-state index contributed by atoms with van der Waals surface area (Å²) in [6.07, 6.45) is 4.47. The lowest BCUT2D eigenvalue weighted by Gasteiger charge is -2.36. The van der Waals surface area contributed by atoms with Gasteiger partial charge in [-0.05, 0) is 48.7 Å². The lowest BCUT2D eigenvalue weighted by atomic mass is 9.92. The van der Waals surface area contributed by atoms with Crippen LogP contribution in [0.25, 0.3) is 10.9 Å². The van der Waals surface area contributed by atoms with Crippen LogP contribution in [0.2, 0.25) is 0 Å². The minimum atomic E-state index is -0.168. The first kappa shape index (κ1) is 16.8. The third kappa shape index (κ3) is 2.69. The molecule has 1 amide bonds. The zero-order valence-electron chi connectivity index (χ0n) is 15.7. The molecule has 4 nitrogen and oxygen atoms in total. The topological polar surface area (TPSA) is 49.0 Å². The van der Waals surface area contributed by atoms with Crippen LogP contribution in [0, 0.1) is 6.92 Å². The van der Waals surface area contributed by atoms with E-state index in [9.17, 15) is 4.79 Å². The van der Waals surface area contributed by atoms with E-state index in [4.69, 9.17) is 0 Å². The van der Waals surface area contributed by atoms with Crippen LogP contribution in [0.4, 0.5) is 0 Å². The van der Waals surface area contributed by atoms with Crippen molar-refractivity contribution in [2.45, 2.75) is 19.4 Å². The molecule has 0 bridgehead atoms. The van der Waals surface area contributed by atoms with Gasteiger partial charge >= 0.3 is 0 Å². The molecule has 0 saturated carbocycles. The second-order valence-electron chi connectivity index (χ2n) is 7.37. The van der Waals surface area contributed by atoms with E-state index in [1.54, 1.807) is 6.20 Å². The second kappa shape index (κ2) is 6.64.